The third-order valence-corrected chi connectivity index (χ3v) is 4.27. The molecular formula is C23H33NO2. The molecule has 0 amide bonds. The van der Waals surface area contributed by atoms with E-state index in [1.54, 1.807) is 0 Å². The molecule has 3 nitrogen and oxygen atoms in total. The minimum absolute atomic E-state index is 0.638. The quantitative estimate of drug-likeness (QED) is 0.464. The van der Waals surface area contributed by atoms with Gasteiger partial charge >= 0.3 is 0 Å². The molecule has 0 aliphatic carbocycles. The number of anilines is 1. The van der Waals surface area contributed by atoms with Gasteiger partial charge in [-0.1, -0.05) is 38.7 Å². The summed E-state index contributed by atoms with van der Waals surface area (Å²) in [6.45, 7) is 8.63. The molecule has 0 saturated carbocycles. The third-order valence-electron chi connectivity index (χ3n) is 4.27. The Kier molecular flexibility index (Phi) is 8.88. The van der Waals surface area contributed by atoms with Crippen molar-refractivity contribution in [3.63, 3.8) is 0 Å². The van der Waals surface area contributed by atoms with Crippen molar-refractivity contribution in [2.24, 2.45) is 0 Å². The van der Waals surface area contributed by atoms with Gasteiger partial charge in [-0.2, -0.15) is 0 Å². The van der Waals surface area contributed by atoms with Gasteiger partial charge in [0, 0.05) is 12.2 Å². The van der Waals surface area contributed by atoms with E-state index in [1.165, 1.54) is 36.8 Å². The van der Waals surface area contributed by atoms with Crippen molar-refractivity contribution in [1.82, 2.24) is 0 Å². The monoisotopic (exact) mass is 355 g/mol. The highest BCUT2D eigenvalue weighted by Gasteiger charge is 1.99. The zero-order valence-electron chi connectivity index (χ0n) is 16.5. The fourth-order valence-electron chi connectivity index (χ4n) is 2.95. The van der Waals surface area contributed by atoms with Crippen LogP contribution in [0.5, 0.6) is 11.5 Å². The molecule has 0 aromatic heterocycles. The Morgan fingerprint density at radius 1 is 0.731 bits per heavy atom. The van der Waals surface area contributed by atoms with Crippen molar-refractivity contribution in [2.45, 2.75) is 52.9 Å². The van der Waals surface area contributed by atoms with E-state index < -0.39 is 0 Å². The van der Waals surface area contributed by atoms with Gasteiger partial charge in [0.2, 0.25) is 0 Å². The van der Waals surface area contributed by atoms with Crippen LogP contribution in [0, 0.1) is 13.8 Å². The average molecular weight is 356 g/mol. The van der Waals surface area contributed by atoms with Gasteiger partial charge in [0.05, 0.1) is 6.61 Å². The second kappa shape index (κ2) is 11.5. The Bertz CT molecular complexity index is 617. The molecule has 26 heavy (non-hydrogen) atoms. The molecule has 2 rings (SSSR count). The minimum atomic E-state index is 0.638. The largest absolute Gasteiger partial charge is 0.494 e. The van der Waals surface area contributed by atoms with Crippen LogP contribution in [-0.4, -0.2) is 19.8 Å². The van der Waals surface area contributed by atoms with E-state index in [0.717, 1.165) is 36.8 Å². The Morgan fingerprint density at radius 2 is 1.38 bits per heavy atom. The topological polar surface area (TPSA) is 30.5 Å². The smallest absolute Gasteiger partial charge is 0.119 e. The van der Waals surface area contributed by atoms with E-state index in [-0.39, 0.29) is 0 Å². The van der Waals surface area contributed by atoms with E-state index in [9.17, 15) is 0 Å². The SMILES string of the molecule is CCCCCCCOc1ccc(NCCOc2cc(C)cc(C)c2)cc1. The zero-order valence-corrected chi connectivity index (χ0v) is 16.5. The molecule has 0 bridgehead atoms. The minimum Gasteiger partial charge on any atom is -0.494 e. The summed E-state index contributed by atoms with van der Waals surface area (Å²) in [6.07, 6.45) is 6.31. The number of rotatable bonds is 12. The fraction of sp³-hybridized carbons (Fsp3) is 0.478. The molecule has 0 atom stereocenters. The molecule has 0 unspecified atom stereocenters. The van der Waals surface area contributed by atoms with Crippen LogP contribution in [0.25, 0.3) is 0 Å². The first kappa shape index (κ1) is 20.2. The second-order valence-corrected chi connectivity index (χ2v) is 6.89. The Balaban J connectivity index is 1.62. The lowest BCUT2D eigenvalue weighted by atomic mass is 10.1. The van der Waals surface area contributed by atoms with E-state index in [1.807, 2.05) is 12.1 Å². The molecule has 0 saturated heterocycles. The number of hydrogen-bond acceptors (Lipinski definition) is 3. The Hall–Kier alpha value is -2.16. The number of hydrogen-bond donors (Lipinski definition) is 1. The summed E-state index contributed by atoms with van der Waals surface area (Å²) in [5.74, 6) is 1.88. The molecule has 0 heterocycles. The van der Waals surface area contributed by atoms with E-state index in [4.69, 9.17) is 9.47 Å². The van der Waals surface area contributed by atoms with Gasteiger partial charge in [-0.25, -0.2) is 0 Å². The number of ether oxygens (including phenoxy) is 2. The van der Waals surface area contributed by atoms with Crippen LogP contribution in [0.2, 0.25) is 0 Å². The first-order chi connectivity index (χ1) is 12.7. The number of benzene rings is 2. The van der Waals surface area contributed by atoms with Gasteiger partial charge in [-0.15, -0.1) is 0 Å². The second-order valence-electron chi connectivity index (χ2n) is 6.89. The highest BCUT2D eigenvalue weighted by atomic mass is 16.5. The Labute approximate surface area is 158 Å². The predicted molar refractivity (Wildman–Crippen MR) is 111 cm³/mol. The maximum Gasteiger partial charge on any atom is 0.119 e. The number of unbranched alkanes of at least 4 members (excludes halogenated alkanes) is 4. The molecule has 0 spiro atoms. The summed E-state index contributed by atoms with van der Waals surface area (Å²) >= 11 is 0. The molecule has 3 heteroatoms. The van der Waals surface area contributed by atoms with Crippen LogP contribution in [0.3, 0.4) is 0 Å². The fourth-order valence-corrected chi connectivity index (χ4v) is 2.95. The first-order valence-electron chi connectivity index (χ1n) is 9.85. The van der Waals surface area contributed by atoms with Crippen LogP contribution >= 0.6 is 0 Å². The number of aryl methyl sites for hydroxylation is 2. The molecule has 0 aliphatic rings. The molecular weight excluding hydrogens is 322 g/mol. The maximum absolute atomic E-state index is 5.82. The van der Waals surface area contributed by atoms with Gasteiger partial charge in [0.25, 0.3) is 0 Å². The van der Waals surface area contributed by atoms with Crippen molar-refractivity contribution in [2.75, 3.05) is 25.1 Å². The van der Waals surface area contributed by atoms with Crippen LogP contribution < -0.4 is 14.8 Å². The lowest BCUT2D eigenvalue weighted by Crippen LogP contribution is -2.11. The van der Waals surface area contributed by atoms with Crippen molar-refractivity contribution in [3.05, 3.63) is 53.6 Å². The van der Waals surface area contributed by atoms with E-state index >= 15 is 0 Å². The van der Waals surface area contributed by atoms with Gasteiger partial charge < -0.3 is 14.8 Å². The van der Waals surface area contributed by atoms with Crippen LogP contribution in [0.15, 0.2) is 42.5 Å². The molecule has 0 radical (unpaired) electrons. The zero-order chi connectivity index (χ0) is 18.6. The first-order valence-corrected chi connectivity index (χ1v) is 9.85. The van der Waals surface area contributed by atoms with Crippen molar-refractivity contribution >= 4 is 5.69 Å². The van der Waals surface area contributed by atoms with Crippen molar-refractivity contribution in [3.8, 4) is 11.5 Å². The van der Waals surface area contributed by atoms with Crippen LogP contribution in [0.4, 0.5) is 5.69 Å². The van der Waals surface area contributed by atoms with E-state index in [2.05, 4.69) is 56.4 Å². The van der Waals surface area contributed by atoms with Crippen molar-refractivity contribution in [1.29, 1.82) is 0 Å². The van der Waals surface area contributed by atoms with Gasteiger partial charge in [-0.3, -0.25) is 0 Å². The van der Waals surface area contributed by atoms with Gasteiger partial charge in [0.15, 0.2) is 0 Å². The normalized spacial score (nSPS) is 10.6. The lowest BCUT2D eigenvalue weighted by Gasteiger charge is -2.11. The van der Waals surface area contributed by atoms with Gasteiger partial charge in [-0.05, 0) is 67.8 Å². The summed E-state index contributed by atoms with van der Waals surface area (Å²) in [5.41, 5.74) is 3.55. The summed E-state index contributed by atoms with van der Waals surface area (Å²) in [5, 5.41) is 3.38. The molecule has 142 valence electrons. The molecule has 2 aromatic rings. The molecule has 2 aromatic carbocycles. The lowest BCUT2D eigenvalue weighted by molar-refractivity contribution is 0.304. The highest BCUT2D eigenvalue weighted by Crippen LogP contribution is 2.17. The summed E-state index contributed by atoms with van der Waals surface area (Å²) in [4.78, 5) is 0. The van der Waals surface area contributed by atoms with E-state index in [0.29, 0.717) is 6.61 Å². The van der Waals surface area contributed by atoms with Crippen molar-refractivity contribution < 1.29 is 9.47 Å². The van der Waals surface area contributed by atoms with Crippen LogP contribution in [-0.2, 0) is 0 Å². The predicted octanol–water partition coefficient (Wildman–Crippen LogP) is 6.14. The molecule has 0 aliphatic heterocycles. The number of nitrogens with one attached hydrogen (secondary N) is 1. The highest BCUT2D eigenvalue weighted by molar-refractivity contribution is 5.46. The molecule has 0 fully saturated rings. The molecule has 1 N–H and O–H groups in total. The van der Waals surface area contributed by atoms with Crippen LogP contribution in [0.1, 0.15) is 50.2 Å². The standard InChI is InChI=1S/C23H33NO2/c1-4-5-6-7-8-14-25-22-11-9-21(10-12-22)24-13-15-26-23-17-19(2)16-20(3)18-23/h9-12,16-18,24H,4-8,13-15H2,1-3H3. The Morgan fingerprint density at radius 3 is 2.08 bits per heavy atom. The average Bonchev–Trinajstić information content (AvgIpc) is 2.62. The maximum atomic E-state index is 5.82. The summed E-state index contributed by atoms with van der Waals surface area (Å²) in [6, 6.07) is 14.5. The van der Waals surface area contributed by atoms with Gasteiger partial charge in [0.1, 0.15) is 18.1 Å². The third kappa shape index (κ3) is 7.81. The summed E-state index contributed by atoms with van der Waals surface area (Å²) in [7, 11) is 0. The summed E-state index contributed by atoms with van der Waals surface area (Å²) < 4.78 is 11.6.